The van der Waals surface area contributed by atoms with E-state index in [1.165, 1.54) is 18.3 Å². The molecule has 5 rings (SSSR count). The number of carbonyl (C=O) groups excluding carboxylic acids is 2. The second-order valence-electron chi connectivity index (χ2n) is 11.5. The highest BCUT2D eigenvalue weighted by Crippen LogP contribution is 2.28. The highest BCUT2D eigenvalue weighted by molar-refractivity contribution is 5.95. The molecule has 1 atom stereocenters. The topological polar surface area (TPSA) is 108 Å². The van der Waals surface area contributed by atoms with Gasteiger partial charge in [0, 0.05) is 37.0 Å². The molecule has 3 N–H and O–H groups in total. The normalized spacial score (nSPS) is 13.5. The Morgan fingerprint density at radius 2 is 1.67 bits per heavy atom. The first kappa shape index (κ1) is 31.6. The van der Waals surface area contributed by atoms with Crippen LogP contribution in [0.4, 0.5) is 15.8 Å². The standard InChI is InChI=1S/C35H39FN6O3/c1-22-7-10-27(34(44)38-4)19-30(22)32-39-20-31(40-33(43)23(2)37-3)35(45)42(32)21-26-16-25(15-24-8-11-28(36)12-9-24)17-29(18-26)41-13-5-6-14-41/h7-12,16-20,23,37H,5-6,13-15,21H2,1-4H3,(H,38,44)(H,40,43)/t23-/m0/s1. The van der Waals surface area contributed by atoms with Crippen LogP contribution >= 0.6 is 0 Å². The minimum absolute atomic E-state index is 0.0631. The van der Waals surface area contributed by atoms with E-state index >= 15 is 0 Å². The summed E-state index contributed by atoms with van der Waals surface area (Å²) in [4.78, 5) is 46.4. The molecule has 0 bridgehead atoms. The number of nitrogens with zero attached hydrogens (tertiary/aromatic N) is 3. The lowest BCUT2D eigenvalue weighted by Crippen LogP contribution is -2.38. The van der Waals surface area contributed by atoms with Crippen LogP contribution in [-0.4, -0.2) is 54.6 Å². The predicted octanol–water partition coefficient (Wildman–Crippen LogP) is 4.50. The van der Waals surface area contributed by atoms with Crippen LogP contribution in [0.3, 0.4) is 0 Å². The van der Waals surface area contributed by atoms with Crippen LogP contribution in [0.5, 0.6) is 0 Å². The number of nitrogens with one attached hydrogen (secondary N) is 3. The van der Waals surface area contributed by atoms with Crippen molar-refractivity contribution in [1.82, 2.24) is 20.2 Å². The fraction of sp³-hybridized carbons (Fsp3) is 0.314. The van der Waals surface area contributed by atoms with Crippen LogP contribution in [0, 0.1) is 12.7 Å². The molecule has 10 heteroatoms. The van der Waals surface area contributed by atoms with Gasteiger partial charge in [-0.15, -0.1) is 0 Å². The van der Waals surface area contributed by atoms with Crippen LogP contribution < -0.4 is 26.4 Å². The third-order valence-electron chi connectivity index (χ3n) is 8.27. The van der Waals surface area contributed by atoms with Crippen molar-refractivity contribution >= 4 is 23.2 Å². The number of anilines is 2. The first-order valence-corrected chi connectivity index (χ1v) is 15.2. The Morgan fingerprint density at radius 1 is 0.956 bits per heavy atom. The van der Waals surface area contributed by atoms with E-state index in [9.17, 15) is 18.8 Å². The number of amides is 2. The average Bonchev–Trinajstić information content (AvgIpc) is 3.59. The van der Waals surface area contributed by atoms with Crippen molar-refractivity contribution in [2.24, 2.45) is 0 Å². The number of aryl methyl sites for hydroxylation is 1. The van der Waals surface area contributed by atoms with Crippen LogP contribution in [0.2, 0.25) is 0 Å². The van der Waals surface area contributed by atoms with Gasteiger partial charge in [0.1, 0.15) is 17.3 Å². The Hall–Kier alpha value is -4.83. The minimum atomic E-state index is -0.518. The minimum Gasteiger partial charge on any atom is -0.372 e. The molecule has 234 valence electrons. The molecule has 0 saturated carbocycles. The molecule has 45 heavy (non-hydrogen) atoms. The SMILES string of the molecule is CNC(=O)c1ccc(C)c(-c2ncc(NC(=O)[C@H](C)NC)c(=O)n2Cc2cc(Cc3ccc(F)cc3)cc(N3CCCC3)c2)c1. The zero-order valence-corrected chi connectivity index (χ0v) is 26.1. The van der Waals surface area contributed by atoms with Gasteiger partial charge in [-0.1, -0.05) is 24.3 Å². The van der Waals surface area contributed by atoms with Crippen molar-refractivity contribution in [3.8, 4) is 11.4 Å². The van der Waals surface area contributed by atoms with Gasteiger partial charge in [-0.25, -0.2) is 9.37 Å². The number of benzene rings is 3. The maximum absolute atomic E-state index is 14.1. The molecule has 2 heterocycles. The number of aromatic nitrogens is 2. The lowest BCUT2D eigenvalue weighted by molar-refractivity contribution is -0.117. The third kappa shape index (κ3) is 7.29. The molecule has 0 unspecified atom stereocenters. The van der Waals surface area contributed by atoms with Crippen molar-refractivity contribution in [2.75, 3.05) is 37.4 Å². The summed E-state index contributed by atoms with van der Waals surface area (Å²) in [6.45, 7) is 5.67. The van der Waals surface area contributed by atoms with Crippen molar-refractivity contribution < 1.29 is 14.0 Å². The summed E-state index contributed by atoms with van der Waals surface area (Å²) in [5, 5.41) is 8.25. The number of halogens is 1. The van der Waals surface area contributed by atoms with Gasteiger partial charge >= 0.3 is 0 Å². The van der Waals surface area contributed by atoms with E-state index in [2.05, 4.69) is 44.0 Å². The lowest BCUT2D eigenvalue weighted by atomic mass is 10.0. The summed E-state index contributed by atoms with van der Waals surface area (Å²) in [5.41, 5.74) is 5.53. The average molecular weight is 611 g/mol. The smallest absolute Gasteiger partial charge is 0.277 e. The second-order valence-corrected chi connectivity index (χ2v) is 11.5. The Morgan fingerprint density at radius 3 is 2.36 bits per heavy atom. The lowest BCUT2D eigenvalue weighted by Gasteiger charge is -2.21. The Bertz CT molecular complexity index is 1760. The molecule has 4 aromatic rings. The van der Waals surface area contributed by atoms with E-state index in [1.807, 2.05) is 13.0 Å². The molecular formula is C35H39FN6O3. The molecular weight excluding hydrogens is 571 g/mol. The molecule has 0 aliphatic carbocycles. The number of rotatable bonds is 10. The van der Waals surface area contributed by atoms with Crippen molar-refractivity contribution in [2.45, 2.75) is 45.7 Å². The van der Waals surface area contributed by atoms with E-state index in [4.69, 9.17) is 0 Å². The largest absolute Gasteiger partial charge is 0.372 e. The number of hydrogen-bond donors (Lipinski definition) is 3. The maximum Gasteiger partial charge on any atom is 0.277 e. The molecule has 3 aromatic carbocycles. The molecule has 1 fully saturated rings. The molecule has 0 spiro atoms. The van der Waals surface area contributed by atoms with Gasteiger partial charge in [0.05, 0.1) is 18.8 Å². The summed E-state index contributed by atoms with van der Waals surface area (Å²) in [7, 11) is 3.24. The predicted molar refractivity (Wildman–Crippen MR) is 175 cm³/mol. The van der Waals surface area contributed by atoms with Crippen LogP contribution in [0.1, 0.15) is 52.4 Å². The number of hydrogen-bond acceptors (Lipinski definition) is 6. The summed E-state index contributed by atoms with van der Waals surface area (Å²) >= 11 is 0. The van der Waals surface area contributed by atoms with E-state index in [0.717, 1.165) is 53.9 Å². The monoisotopic (exact) mass is 610 g/mol. The van der Waals surface area contributed by atoms with Crippen LogP contribution in [-0.2, 0) is 17.8 Å². The van der Waals surface area contributed by atoms with Crippen LogP contribution in [0.15, 0.2) is 71.7 Å². The zero-order chi connectivity index (χ0) is 32.1. The Labute approximate surface area is 262 Å². The molecule has 1 aromatic heterocycles. The van der Waals surface area contributed by atoms with E-state index in [0.29, 0.717) is 23.4 Å². The third-order valence-corrected chi connectivity index (χ3v) is 8.27. The van der Waals surface area contributed by atoms with Gasteiger partial charge in [0.25, 0.3) is 11.5 Å². The van der Waals surface area contributed by atoms with E-state index in [-0.39, 0.29) is 29.9 Å². The van der Waals surface area contributed by atoms with Crippen molar-refractivity contribution in [1.29, 1.82) is 0 Å². The first-order valence-electron chi connectivity index (χ1n) is 15.2. The second kappa shape index (κ2) is 13.9. The fourth-order valence-corrected chi connectivity index (χ4v) is 5.57. The highest BCUT2D eigenvalue weighted by atomic mass is 19.1. The summed E-state index contributed by atoms with van der Waals surface area (Å²) in [6.07, 6.45) is 4.19. The summed E-state index contributed by atoms with van der Waals surface area (Å²) < 4.78 is 15.2. The van der Waals surface area contributed by atoms with E-state index in [1.54, 1.807) is 49.9 Å². The fourth-order valence-electron chi connectivity index (χ4n) is 5.57. The van der Waals surface area contributed by atoms with Gasteiger partial charge in [-0.05, 0) is 98.8 Å². The molecule has 1 saturated heterocycles. The molecule has 1 aliphatic rings. The molecule has 1 aliphatic heterocycles. The summed E-state index contributed by atoms with van der Waals surface area (Å²) in [5.74, 6) is -0.504. The van der Waals surface area contributed by atoms with E-state index < -0.39 is 11.6 Å². The van der Waals surface area contributed by atoms with Gasteiger partial charge in [-0.2, -0.15) is 0 Å². The summed E-state index contributed by atoms with van der Waals surface area (Å²) in [6, 6.07) is 17.6. The zero-order valence-electron chi connectivity index (χ0n) is 26.1. The first-order chi connectivity index (χ1) is 21.7. The highest BCUT2D eigenvalue weighted by Gasteiger charge is 2.20. The van der Waals surface area contributed by atoms with Crippen molar-refractivity contribution in [3.05, 3.63) is 111 Å². The maximum atomic E-state index is 14.1. The quantitative estimate of drug-likeness (QED) is 0.244. The van der Waals surface area contributed by atoms with Gasteiger partial charge in [-0.3, -0.25) is 19.0 Å². The number of likely N-dealkylation sites (N-methyl/N-ethyl adjacent to an activating group) is 1. The number of carbonyl (C=O) groups is 2. The van der Waals surface area contributed by atoms with Crippen LogP contribution in [0.25, 0.3) is 11.4 Å². The molecule has 9 nitrogen and oxygen atoms in total. The van der Waals surface area contributed by atoms with Crippen molar-refractivity contribution in [3.63, 3.8) is 0 Å². The Balaban J connectivity index is 1.63. The molecule has 2 amide bonds. The van der Waals surface area contributed by atoms with Gasteiger partial charge < -0.3 is 20.9 Å². The van der Waals surface area contributed by atoms with Gasteiger partial charge in [0.2, 0.25) is 5.91 Å². The Kier molecular flexibility index (Phi) is 9.73. The van der Waals surface area contributed by atoms with Gasteiger partial charge in [0.15, 0.2) is 0 Å². The molecule has 0 radical (unpaired) electrons.